The van der Waals surface area contributed by atoms with Gasteiger partial charge in [-0.15, -0.1) is 0 Å². The van der Waals surface area contributed by atoms with Crippen molar-refractivity contribution < 1.29 is 23.8 Å². The van der Waals surface area contributed by atoms with Crippen molar-refractivity contribution in [3.8, 4) is 11.5 Å². The van der Waals surface area contributed by atoms with Gasteiger partial charge in [0.15, 0.2) is 5.11 Å². The Kier molecular flexibility index (Phi) is 9.45. The van der Waals surface area contributed by atoms with Crippen molar-refractivity contribution in [3.63, 3.8) is 0 Å². The molecule has 1 aliphatic heterocycles. The summed E-state index contributed by atoms with van der Waals surface area (Å²) in [6.45, 7) is 1.81. The van der Waals surface area contributed by atoms with Crippen molar-refractivity contribution in [1.29, 1.82) is 0 Å². The van der Waals surface area contributed by atoms with Crippen LogP contribution in [-0.2, 0) is 4.74 Å². The normalized spacial score (nSPS) is 14.4. The second-order valence-electron chi connectivity index (χ2n) is 8.34. The highest BCUT2D eigenvalue weighted by atomic mass is 32.1. The maximum atomic E-state index is 12.9. The third-order valence-corrected chi connectivity index (χ3v) is 5.81. The van der Waals surface area contributed by atoms with Crippen molar-refractivity contribution in [1.82, 2.24) is 10.6 Å². The highest BCUT2D eigenvalue weighted by Gasteiger charge is 2.17. The van der Waals surface area contributed by atoms with Crippen LogP contribution in [0.15, 0.2) is 78.9 Å². The average Bonchev–Trinajstić information content (AvgIpc) is 3.44. The highest BCUT2D eigenvalue weighted by Crippen LogP contribution is 2.18. The molecular formula is C28H29N3O5S. The molecule has 1 heterocycles. The Morgan fingerprint density at radius 3 is 2.51 bits per heavy atom. The summed E-state index contributed by atoms with van der Waals surface area (Å²) in [5.74, 6) is 0.557. The molecule has 0 saturated carbocycles. The minimum atomic E-state index is -0.414. The van der Waals surface area contributed by atoms with Crippen LogP contribution in [0.5, 0.6) is 11.5 Å². The van der Waals surface area contributed by atoms with E-state index in [2.05, 4.69) is 16.0 Å². The van der Waals surface area contributed by atoms with Gasteiger partial charge in [0.05, 0.1) is 11.7 Å². The Morgan fingerprint density at radius 1 is 0.919 bits per heavy atom. The van der Waals surface area contributed by atoms with E-state index in [0.717, 1.165) is 25.2 Å². The molecule has 3 N–H and O–H groups in total. The van der Waals surface area contributed by atoms with Crippen LogP contribution in [0.2, 0.25) is 0 Å². The molecule has 1 atom stereocenters. The molecule has 37 heavy (non-hydrogen) atoms. The fourth-order valence-electron chi connectivity index (χ4n) is 3.79. The maximum Gasteiger partial charge on any atom is 0.261 e. The Morgan fingerprint density at radius 2 is 1.70 bits per heavy atom. The van der Waals surface area contributed by atoms with Gasteiger partial charge in [-0.25, -0.2) is 0 Å². The van der Waals surface area contributed by atoms with Crippen LogP contribution < -0.4 is 25.4 Å². The molecule has 9 heteroatoms. The maximum absolute atomic E-state index is 12.9. The van der Waals surface area contributed by atoms with Crippen LogP contribution in [0.25, 0.3) is 0 Å². The van der Waals surface area contributed by atoms with Gasteiger partial charge in [-0.3, -0.25) is 14.9 Å². The molecule has 192 valence electrons. The van der Waals surface area contributed by atoms with E-state index in [1.165, 1.54) is 0 Å². The lowest BCUT2D eigenvalue weighted by molar-refractivity contribution is 0.0857. The first-order valence-corrected chi connectivity index (χ1v) is 12.5. The lowest BCUT2D eigenvalue weighted by atomic mass is 10.1. The fourth-order valence-corrected chi connectivity index (χ4v) is 4.00. The Bertz CT molecular complexity index is 1220. The number of hydrogen-bond donors (Lipinski definition) is 3. The standard InChI is InChI=1S/C28H29N3O5S/c32-26(29-19-23-12-7-15-34-23)20-8-6-9-21(18-20)30-28(37)31-27(33)24-13-4-5-14-25(24)36-17-16-35-22-10-2-1-3-11-22/h1-6,8-11,13-14,18,23H,7,12,15-17,19H2,(H,29,32)(H2,30,31,33,37). The monoisotopic (exact) mass is 519 g/mol. The largest absolute Gasteiger partial charge is 0.490 e. The highest BCUT2D eigenvalue weighted by molar-refractivity contribution is 7.80. The van der Waals surface area contributed by atoms with Crippen LogP contribution in [0, 0.1) is 0 Å². The molecule has 0 aliphatic carbocycles. The molecule has 3 aromatic rings. The number of carbonyl (C=O) groups is 2. The van der Waals surface area contributed by atoms with Gasteiger partial charge in [-0.2, -0.15) is 0 Å². The van der Waals surface area contributed by atoms with Gasteiger partial charge in [0.2, 0.25) is 0 Å². The number of hydrogen-bond acceptors (Lipinski definition) is 6. The van der Waals surface area contributed by atoms with E-state index in [1.54, 1.807) is 48.5 Å². The quantitative estimate of drug-likeness (QED) is 0.273. The SMILES string of the molecule is O=C(NCC1CCCO1)c1cccc(NC(=S)NC(=O)c2ccccc2OCCOc2ccccc2)c1. The molecular weight excluding hydrogens is 490 g/mol. The summed E-state index contributed by atoms with van der Waals surface area (Å²) in [6.07, 6.45) is 2.03. The van der Waals surface area contributed by atoms with Gasteiger partial charge in [0, 0.05) is 24.4 Å². The number of amides is 2. The lowest BCUT2D eigenvalue weighted by Crippen LogP contribution is -2.34. The van der Waals surface area contributed by atoms with E-state index in [-0.39, 0.29) is 23.7 Å². The second kappa shape index (κ2) is 13.4. The molecule has 1 saturated heterocycles. The predicted molar refractivity (Wildman–Crippen MR) is 145 cm³/mol. The molecule has 3 aromatic carbocycles. The van der Waals surface area contributed by atoms with Crippen molar-refractivity contribution in [2.24, 2.45) is 0 Å². The zero-order chi connectivity index (χ0) is 25.9. The van der Waals surface area contributed by atoms with Gasteiger partial charge < -0.3 is 24.8 Å². The topological polar surface area (TPSA) is 97.9 Å². The van der Waals surface area contributed by atoms with Gasteiger partial charge >= 0.3 is 0 Å². The summed E-state index contributed by atoms with van der Waals surface area (Å²) in [7, 11) is 0. The van der Waals surface area contributed by atoms with Crippen LogP contribution in [-0.4, -0.2) is 49.4 Å². The number of rotatable bonds is 10. The van der Waals surface area contributed by atoms with E-state index in [9.17, 15) is 9.59 Å². The Balaban J connectivity index is 1.27. The minimum Gasteiger partial charge on any atom is -0.490 e. The fraction of sp³-hybridized carbons (Fsp3) is 0.250. The number of nitrogens with one attached hydrogen (secondary N) is 3. The van der Waals surface area contributed by atoms with E-state index in [4.69, 9.17) is 26.4 Å². The van der Waals surface area contributed by atoms with Crippen molar-refractivity contribution >= 4 is 34.8 Å². The molecule has 2 amide bonds. The summed E-state index contributed by atoms with van der Waals surface area (Å²) in [5.41, 5.74) is 1.40. The van der Waals surface area contributed by atoms with E-state index < -0.39 is 5.91 Å². The number of carbonyl (C=O) groups excluding carboxylic acids is 2. The smallest absolute Gasteiger partial charge is 0.261 e. The van der Waals surface area contributed by atoms with Crippen molar-refractivity contribution in [3.05, 3.63) is 90.0 Å². The zero-order valence-corrected chi connectivity index (χ0v) is 21.1. The molecule has 1 fully saturated rings. The molecule has 0 bridgehead atoms. The Labute approximate surface area is 221 Å². The predicted octanol–water partition coefficient (Wildman–Crippen LogP) is 4.18. The van der Waals surface area contributed by atoms with E-state index in [1.807, 2.05) is 30.3 Å². The number of thiocarbonyl (C=S) groups is 1. The van der Waals surface area contributed by atoms with Gasteiger partial charge in [0.1, 0.15) is 24.7 Å². The van der Waals surface area contributed by atoms with E-state index >= 15 is 0 Å². The molecule has 0 aromatic heterocycles. The first kappa shape index (κ1) is 26.1. The third-order valence-electron chi connectivity index (χ3n) is 5.61. The lowest BCUT2D eigenvalue weighted by Gasteiger charge is -2.14. The number of anilines is 1. The summed E-state index contributed by atoms with van der Waals surface area (Å²) in [5, 5.41) is 8.62. The van der Waals surface area contributed by atoms with Crippen molar-refractivity contribution in [2.45, 2.75) is 18.9 Å². The van der Waals surface area contributed by atoms with Gasteiger partial charge in [-0.05, 0) is 67.5 Å². The van der Waals surface area contributed by atoms with Gasteiger partial charge in [0.25, 0.3) is 11.8 Å². The number of para-hydroxylation sites is 2. The number of ether oxygens (including phenoxy) is 3. The molecule has 8 nitrogen and oxygen atoms in total. The van der Waals surface area contributed by atoms with Gasteiger partial charge in [-0.1, -0.05) is 36.4 Å². The van der Waals surface area contributed by atoms with Crippen LogP contribution in [0.4, 0.5) is 5.69 Å². The zero-order valence-electron chi connectivity index (χ0n) is 20.3. The summed E-state index contributed by atoms with van der Waals surface area (Å²) < 4.78 is 17.0. The molecule has 0 spiro atoms. The minimum absolute atomic E-state index is 0.0660. The number of benzene rings is 3. The molecule has 1 aliphatic rings. The van der Waals surface area contributed by atoms with Crippen LogP contribution >= 0.6 is 12.2 Å². The first-order valence-electron chi connectivity index (χ1n) is 12.1. The van der Waals surface area contributed by atoms with Crippen LogP contribution in [0.1, 0.15) is 33.6 Å². The van der Waals surface area contributed by atoms with E-state index in [0.29, 0.717) is 35.7 Å². The average molecular weight is 520 g/mol. The first-order chi connectivity index (χ1) is 18.1. The third kappa shape index (κ3) is 8.03. The molecule has 4 rings (SSSR count). The van der Waals surface area contributed by atoms with Crippen LogP contribution in [0.3, 0.4) is 0 Å². The Hall–Kier alpha value is -3.95. The van der Waals surface area contributed by atoms with Crippen molar-refractivity contribution in [2.75, 3.05) is 31.7 Å². The summed E-state index contributed by atoms with van der Waals surface area (Å²) in [6, 6.07) is 23.2. The summed E-state index contributed by atoms with van der Waals surface area (Å²) >= 11 is 5.33. The molecule has 1 unspecified atom stereocenters. The molecule has 0 radical (unpaired) electrons. The summed E-state index contributed by atoms with van der Waals surface area (Å²) in [4.78, 5) is 25.4. The second-order valence-corrected chi connectivity index (χ2v) is 8.75.